The zero-order chi connectivity index (χ0) is 48.4. The second-order valence-electron chi connectivity index (χ2n) is 19.8. The van der Waals surface area contributed by atoms with Crippen LogP contribution in [-0.4, -0.2) is 80.6 Å². The van der Waals surface area contributed by atoms with Crippen LogP contribution in [-0.2, 0) is 28.6 Å². The largest absolute Gasteiger partial charge is 0.477 e. The van der Waals surface area contributed by atoms with E-state index in [4.69, 9.17) is 14.2 Å². The maximum Gasteiger partial charge on any atom is 0.362 e. The summed E-state index contributed by atoms with van der Waals surface area (Å²) in [6.07, 6.45) is 60.2. The number of quaternary nitrogens is 1. The van der Waals surface area contributed by atoms with E-state index >= 15 is 0 Å². The van der Waals surface area contributed by atoms with Gasteiger partial charge in [-0.2, -0.15) is 0 Å². The van der Waals surface area contributed by atoms with Gasteiger partial charge in [0.2, 0.25) is 0 Å². The Balaban J connectivity index is 4.18. The number of rotatable bonds is 50. The number of allylic oxidation sites excluding steroid dienone is 8. The Hall–Kier alpha value is -2.71. The molecule has 0 radical (unpaired) electrons. The SMILES string of the molecule is CC/C=C\C/C=C\C/C=C\C/C=C\CCCCCCCCCCCCC(=O)OC(COCCC(C(=O)O)[N+](C)(C)C)COC(=O)CCCCCCCCCCCCCCCCCCCCC. The lowest BCUT2D eigenvalue weighted by Gasteiger charge is -2.31. The summed E-state index contributed by atoms with van der Waals surface area (Å²) in [7, 11) is 5.54. The fourth-order valence-corrected chi connectivity index (χ4v) is 8.26. The molecule has 0 aliphatic rings. The topological polar surface area (TPSA) is 99.1 Å². The van der Waals surface area contributed by atoms with Gasteiger partial charge < -0.3 is 23.8 Å². The lowest BCUT2D eigenvalue weighted by Crippen LogP contribution is -2.50. The number of hydrogen-bond acceptors (Lipinski definition) is 6. The summed E-state index contributed by atoms with van der Waals surface area (Å²) in [6, 6.07) is -0.616. The first-order valence-corrected chi connectivity index (χ1v) is 27.7. The Kier molecular flexibility index (Phi) is 46.7. The number of ether oxygens (including phenoxy) is 3. The average molecular weight is 929 g/mol. The molecule has 0 saturated carbocycles. The number of carboxylic acid groups (broad SMARTS) is 1. The fraction of sp³-hybridized carbons (Fsp3) is 0.810. The zero-order valence-electron chi connectivity index (χ0n) is 43.9. The maximum atomic E-state index is 12.8. The third kappa shape index (κ3) is 46.4. The average Bonchev–Trinajstić information content (AvgIpc) is 3.28. The first-order chi connectivity index (χ1) is 32.1. The minimum atomic E-state index is -0.873. The van der Waals surface area contributed by atoms with Crippen LogP contribution in [0.5, 0.6) is 0 Å². The Morgan fingerprint density at radius 1 is 0.470 bits per heavy atom. The number of nitrogens with zero attached hydrogens (tertiary/aromatic N) is 1. The summed E-state index contributed by atoms with van der Waals surface area (Å²) in [6.45, 7) is 4.66. The molecule has 8 nitrogen and oxygen atoms in total. The second-order valence-corrected chi connectivity index (χ2v) is 19.8. The molecule has 0 fully saturated rings. The number of hydrogen-bond donors (Lipinski definition) is 1. The van der Waals surface area contributed by atoms with Crippen molar-refractivity contribution >= 4 is 17.9 Å². The number of carbonyl (C=O) groups excluding carboxylic acids is 2. The zero-order valence-corrected chi connectivity index (χ0v) is 43.9. The summed E-state index contributed by atoms with van der Waals surface area (Å²) in [4.78, 5) is 37.2. The van der Waals surface area contributed by atoms with Crippen molar-refractivity contribution in [3.05, 3.63) is 48.6 Å². The molecule has 384 valence electrons. The van der Waals surface area contributed by atoms with Gasteiger partial charge in [-0.25, -0.2) is 4.79 Å². The summed E-state index contributed by atoms with van der Waals surface area (Å²) in [5.41, 5.74) is 0. The highest BCUT2D eigenvalue weighted by atomic mass is 16.6. The highest BCUT2D eigenvalue weighted by Gasteiger charge is 2.31. The van der Waals surface area contributed by atoms with Crippen molar-refractivity contribution in [2.24, 2.45) is 0 Å². The second kappa shape index (κ2) is 48.7. The normalized spacial score (nSPS) is 13.2. The fourth-order valence-electron chi connectivity index (χ4n) is 8.26. The minimum Gasteiger partial charge on any atom is -0.477 e. The van der Waals surface area contributed by atoms with Gasteiger partial charge in [-0.15, -0.1) is 0 Å². The summed E-state index contributed by atoms with van der Waals surface area (Å²) < 4.78 is 17.4. The van der Waals surface area contributed by atoms with Crippen molar-refractivity contribution in [1.29, 1.82) is 0 Å². The molecule has 1 N–H and O–H groups in total. The molecule has 2 atom stereocenters. The minimum absolute atomic E-state index is 0.0498. The molecule has 0 heterocycles. The van der Waals surface area contributed by atoms with E-state index in [1.807, 2.05) is 21.1 Å². The number of unbranched alkanes of at least 4 members (excludes halogenated alkanes) is 28. The predicted octanol–water partition coefficient (Wildman–Crippen LogP) is 16.3. The summed E-state index contributed by atoms with van der Waals surface area (Å²) in [5.74, 6) is -1.46. The van der Waals surface area contributed by atoms with E-state index < -0.39 is 18.1 Å². The summed E-state index contributed by atoms with van der Waals surface area (Å²) in [5, 5.41) is 9.67. The molecule has 0 spiro atoms. The molecular weight excluding hydrogens is 823 g/mol. The third-order valence-electron chi connectivity index (χ3n) is 12.5. The van der Waals surface area contributed by atoms with Crippen molar-refractivity contribution in [3.8, 4) is 0 Å². The van der Waals surface area contributed by atoms with Crippen LogP contribution >= 0.6 is 0 Å². The Labute approximate surface area is 407 Å². The van der Waals surface area contributed by atoms with Crippen LogP contribution in [0.2, 0.25) is 0 Å². The number of carboxylic acids is 1. The van der Waals surface area contributed by atoms with Crippen LogP contribution in [0.3, 0.4) is 0 Å². The highest BCUT2D eigenvalue weighted by molar-refractivity contribution is 5.72. The van der Waals surface area contributed by atoms with Gasteiger partial charge in [0.25, 0.3) is 0 Å². The van der Waals surface area contributed by atoms with Crippen molar-refractivity contribution in [3.63, 3.8) is 0 Å². The van der Waals surface area contributed by atoms with Crippen LogP contribution in [0.25, 0.3) is 0 Å². The lowest BCUT2D eigenvalue weighted by atomic mass is 10.0. The molecule has 0 aliphatic carbocycles. The number of esters is 2. The van der Waals surface area contributed by atoms with Gasteiger partial charge in [0.1, 0.15) is 6.61 Å². The third-order valence-corrected chi connectivity index (χ3v) is 12.5. The Morgan fingerprint density at radius 3 is 1.26 bits per heavy atom. The van der Waals surface area contributed by atoms with Crippen LogP contribution in [0.15, 0.2) is 48.6 Å². The molecule has 0 rings (SSSR count). The Morgan fingerprint density at radius 2 is 0.848 bits per heavy atom. The first kappa shape index (κ1) is 63.3. The monoisotopic (exact) mass is 929 g/mol. The van der Waals surface area contributed by atoms with Crippen LogP contribution < -0.4 is 0 Å². The molecule has 0 bridgehead atoms. The summed E-state index contributed by atoms with van der Waals surface area (Å²) >= 11 is 0. The van der Waals surface area contributed by atoms with Crippen molar-refractivity contribution in [1.82, 2.24) is 0 Å². The molecule has 0 amide bonds. The van der Waals surface area contributed by atoms with E-state index in [1.54, 1.807) is 0 Å². The van der Waals surface area contributed by atoms with Crippen molar-refractivity contribution in [2.45, 2.75) is 264 Å². The smallest absolute Gasteiger partial charge is 0.362 e. The Bertz CT molecular complexity index is 1220. The van der Waals surface area contributed by atoms with E-state index in [9.17, 15) is 19.5 Å². The van der Waals surface area contributed by atoms with Crippen molar-refractivity contribution in [2.75, 3.05) is 41.0 Å². The van der Waals surface area contributed by atoms with E-state index in [2.05, 4.69) is 62.5 Å². The molecule has 0 aromatic heterocycles. The quantitative estimate of drug-likeness (QED) is 0.0281. The lowest BCUT2D eigenvalue weighted by molar-refractivity contribution is -0.887. The van der Waals surface area contributed by atoms with Gasteiger partial charge in [-0.1, -0.05) is 229 Å². The molecule has 66 heavy (non-hydrogen) atoms. The van der Waals surface area contributed by atoms with Gasteiger partial charge in [0.15, 0.2) is 12.1 Å². The van der Waals surface area contributed by atoms with E-state index in [0.29, 0.717) is 19.3 Å². The van der Waals surface area contributed by atoms with Crippen LogP contribution in [0, 0.1) is 0 Å². The maximum absolute atomic E-state index is 12.8. The van der Waals surface area contributed by atoms with Gasteiger partial charge in [-0.05, 0) is 51.4 Å². The molecule has 8 heteroatoms. The molecule has 0 saturated heterocycles. The van der Waals surface area contributed by atoms with Crippen LogP contribution in [0.4, 0.5) is 0 Å². The molecule has 0 aromatic carbocycles. The molecule has 0 aliphatic heterocycles. The van der Waals surface area contributed by atoms with Gasteiger partial charge in [0, 0.05) is 19.3 Å². The number of carbonyl (C=O) groups is 3. The van der Waals surface area contributed by atoms with Gasteiger partial charge >= 0.3 is 17.9 Å². The predicted molar refractivity (Wildman–Crippen MR) is 280 cm³/mol. The van der Waals surface area contributed by atoms with Gasteiger partial charge in [0.05, 0.1) is 34.4 Å². The van der Waals surface area contributed by atoms with Crippen LogP contribution in [0.1, 0.15) is 251 Å². The highest BCUT2D eigenvalue weighted by Crippen LogP contribution is 2.17. The standard InChI is InChI=1S/C58H105NO7/c1-6-8-10-12-14-16-18-20-22-24-26-27-28-29-31-33-35-37-39-41-43-45-47-49-57(61)66-54(52-64-51-50-55(58(62)63)59(3,4)5)53-65-56(60)48-46-44-42-40-38-36-34-32-30-25-23-21-19-17-15-13-11-9-7-2/h8,10,14,16,20,22,26-27,54-55H,6-7,9,11-13,15,17-19,21,23-25,28-53H2,1-5H3/p+1/b10-8-,16-14-,22-20-,27-26-. The van der Waals surface area contributed by atoms with Gasteiger partial charge in [-0.3, -0.25) is 9.59 Å². The number of aliphatic carboxylic acids is 1. The number of likely N-dealkylation sites (N-methyl/N-ethyl adjacent to an activating group) is 1. The van der Waals surface area contributed by atoms with Crippen molar-refractivity contribution < 1.29 is 38.2 Å². The molecule has 0 aromatic rings. The van der Waals surface area contributed by atoms with E-state index in [-0.39, 0.29) is 36.2 Å². The van der Waals surface area contributed by atoms with E-state index in [0.717, 1.165) is 64.2 Å². The molecular formula is C58H106NO7+. The first-order valence-electron chi connectivity index (χ1n) is 27.7. The van der Waals surface area contributed by atoms with E-state index in [1.165, 1.54) is 154 Å². The molecule has 2 unspecified atom stereocenters.